The van der Waals surface area contributed by atoms with E-state index in [4.69, 9.17) is 0 Å². The second kappa shape index (κ2) is 8.37. The summed E-state index contributed by atoms with van der Waals surface area (Å²) in [5, 5.41) is 3.00. The SMILES string of the molecule is CN(CC1CCC1)C(=O)NC[C@@H]1CC(=O)N(CCc2ccccc2)C1. The number of rotatable bonds is 7. The van der Waals surface area contributed by atoms with Gasteiger partial charge >= 0.3 is 6.03 Å². The highest BCUT2D eigenvalue weighted by Gasteiger charge is 2.29. The first-order chi connectivity index (χ1) is 12.1. The molecule has 2 aliphatic rings. The molecule has 0 radical (unpaired) electrons. The Labute approximate surface area is 150 Å². The van der Waals surface area contributed by atoms with Crippen molar-refractivity contribution in [3.05, 3.63) is 35.9 Å². The third-order valence-corrected chi connectivity index (χ3v) is 5.45. The molecule has 3 amide bonds. The van der Waals surface area contributed by atoms with Crippen LogP contribution in [-0.4, -0.2) is 55.0 Å². The molecule has 0 spiro atoms. The molecule has 2 fully saturated rings. The monoisotopic (exact) mass is 343 g/mol. The van der Waals surface area contributed by atoms with Crippen LogP contribution in [0, 0.1) is 11.8 Å². The van der Waals surface area contributed by atoms with Gasteiger partial charge in [-0.25, -0.2) is 4.79 Å². The minimum absolute atomic E-state index is 0.0120. The Balaban J connectivity index is 1.37. The quantitative estimate of drug-likeness (QED) is 0.827. The second-order valence-corrected chi connectivity index (χ2v) is 7.51. The number of carbonyl (C=O) groups is 2. The number of nitrogens with zero attached hydrogens (tertiary/aromatic N) is 2. The number of nitrogens with one attached hydrogen (secondary N) is 1. The molecule has 1 aliphatic carbocycles. The van der Waals surface area contributed by atoms with Crippen molar-refractivity contribution in [2.45, 2.75) is 32.1 Å². The Morgan fingerprint density at radius 2 is 2.00 bits per heavy atom. The Bertz CT molecular complexity index is 586. The number of likely N-dealkylation sites (tertiary alicyclic amines) is 1. The van der Waals surface area contributed by atoms with E-state index in [-0.39, 0.29) is 17.9 Å². The summed E-state index contributed by atoms with van der Waals surface area (Å²) in [7, 11) is 1.86. The van der Waals surface area contributed by atoms with Crippen LogP contribution < -0.4 is 5.32 Å². The van der Waals surface area contributed by atoms with Gasteiger partial charge < -0.3 is 15.1 Å². The van der Waals surface area contributed by atoms with E-state index in [2.05, 4.69) is 17.4 Å². The first-order valence-electron chi connectivity index (χ1n) is 9.42. The highest BCUT2D eigenvalue weighted by Crippen LogP contribution is 2.26. The zero-order valence-corrected chi connectivity index (χ0v) is 15.1. The summed E-state index contributed by atoms with van der Waals surface area (Å²) in [4.78, 5) is 28.1. The Hall–Kier alpha value is -2.04. The van der Waals surface area contributed by atoms with Gasteiger partial charge in [0.15, 0.2) is 0 Å². The standard InChI is InChI=1S/C20H29N3O2/c1-22(14-17-8-5-9-17)20(25)21-13-18-12-19(24)23(15-18)11-10-16-6-3-2-4-7-16/h2-4,6-7,17-18H,5,8-15H2,1H3,(H,21,25)/t18-/m0/s1. The average Bonchev–Trinajstić information content (AvgIpc) is 2.94. The van der Waals surface area contributed by atoms with E-state index in [0.717, 1.165) is 26.1 Å². The van der Waals surface area contributed by atoms with E-state index < -0.39 is 0 Å². The minimum atomic E-state index is -0.0120. The van der Waals surface area contributed by atoms with E-state index in [1.807, 2.05) is 30.1 Å². The van der Waals surface area contributed by atoms with Crippen LogP contribution in [0.2, 0.25) is 0 Å². The summed E-state index contributed by atoms with van der Waals surface area (Å²) in [6.45, 7) is 2.94. The van der Waals surface area contributed by atoms with Crippen LogP contribution >= 0.6 is 0 Å². The molecule has 3 rings (SSSR count). The zero-order chi connectivity index (χ0) is 17.6. The van der Waals surface area contributed by atoms with Crippen molar-refractivity contribution >= 4 is 11.9 Å². The van der Waals surface area contributed by atoms with E-state index in [1.165, 1.54) is 24.8 Å². The van der Waals surface area contributed by atoms with Gasteiger partial charge in [-0.3, -0.25) is 4.79 Å². The lowest BCUT2D eigenvalue weighted by molar-refractivity contribution is -0.127. The third-order valence-electron chi connectivity index (χ3n) is 5.45. The molecular weight excluding hydrogens is 314 g/mol. The highest BCUT2D eigenvalue weighted by atomic mass is 16.2. The van der Waals surface area contributed by atoms with Crippen molar-refractivity contribution in [2.75, 3.05) is 33.2 Å². The topological polar surface area (TPSA) is 52.7 Å². The molecule has 25 heavy (non-hydrogen) atoms. The van der Waals surface area contributed by atoms with Gasteiger partial charge in [0, 0.05) is 45.6 Å². The Kier molecular flexibility index (Phi) is 5.95. The van der Waals surface area contributed by atoms with Crippen LogP contribution in [0.1, 0.15) is 31.2 Å². The molecule has 1 aromatic carbocycles. The van der Waals surface area contributed by atoms with Gasteiger partial charge in [0.25, 0.3) is 0 Å². The van der Waals surface area contributed by atoms with Crippen LogP contribution in [0.4, 0.5) is 4.79 Å². The Morgan fingerprint density at radius 3 is 2.68 bits per heavy atom. The fraction of sp³-hybridized carbons (Fsp3) is 0.600. The van der Waals surface area contributed by atoms with Crippen LogP contribution in [0.5, 0.6) is 0 Å². The fourth-order valence-corrected chi connectivity index (χ4v) is 3.63. The normalized spacial score (nSPS) is 20.4. The smallest absolute Gasteiger partial charge is 0.317 e. The number of urea groups is 1. The van der Waals surface area contributed by atoms with Crippen molar-refractivity contribution in [3.8, 4) is 0 Å². The van der Waals surface area contributed by atoms with Crippen LogP contribution in [-0.2, 0) is 11.2 Å². The maximum atomic E-state index is 12.2. The lowest BCUT2D eigenvalue weighted by Gasteiger charge is -2.30. The first kappa shape index (κ1) is 17.8. The van der Waals surface area contributed by atoms with E-state index in [0.29, 0.717) is 18.9 Å². The molecule has 0 aromatic heterocycles. The summed E-state index contributed by atoms with van der Waals surface area (Å²) >= 11 is 0. The summed E-state index contributed by atoms with van der Waals surface area (Å²) in [6.07, 6.45) is 5.20. The van der Waals surface area contributed by atoms with Gasteiger partial charge in [0.05, 0.1) is 0 Å². The van der Waals surface area contributed by atoms with Gasteiger partial charge in [-0.1, -0.05) is 36.8 Å². The number of amides is 3. The van der Waals surface area contributed by atoms with Gasteiger partial charge in [-0.15, -0.1) is 0 Å². The summed E-state index contributed by atoms with van der Waals surface area (Å²) in [6, 6.07) is 10.2. The first-order valence-corrected chi connectivity index (χ1v) is 9.42. The molecule has 0 unspecified atom stereocenters. The van der Waals surface area contributed by atoms with Crippen molar-refractivity contribution in [1.82, 2.24) is 15.1 Å². The molecule has 1 heterocycles. The summed E-state index contributed by atoms with van der Waals surface area (Å²) in [5.41, 5.74) is 1.25. The molecule has 5 nitrogen and oxygen atoms in total. The summed E-state index contributed by atoms with van der Waals surface area (Å²) in [5.74, 6) is 1.11. The number of hydrogen-bond donors (Lipinski definition) is 1. The summed E-state index contributed by atoms with van der Waals surface area (Å²) < 4.78 is 0. The third kappa shape index (κ3) is 4.97. The van der Waals surface area contributed by atoms with Crippen molar-refractivity contribution in [2.24, 2.45) is 11.8 Å². The lowest BCUT2D eigenvalue weighted by atomic mass is 9.85. The van der Waals surface area contributed by atoms with Crippen LogP contribution in [0.15, 0.2) is 30.3 Å². The van der Waals surface area contributed by atoms with E-state index in [1.54, 1.807) is 4.90 Å². The number of hydrogen-bond acceptors (Lipinski definition) is 2. The average molecular weight is 343 g/mol. The number of carbonyl (C=O) groups excluding carboxylic acids is 2. The fourth-order valence-electron chi connectivity index (χ4n) is 3.63. The predicted molar refractivity (Wildman–Crippen MR) is 98.2 cm³/mol. The largest absolute Gasteiger partial charge is 0.342 e. The molecule has 1 saturated heterocycles. The van der Waals surface area contributed by atoms with E-state index in [9.17, 15) is 9.59 Å². The van der Waals surface area contributed by atoms with Crippen molar-refractivity contribution < 1.29 is 9.59 Å². The molecule has 1 aliphatic heterocycles. The van der Waals surface area contributed by atoms with Gasteiger partial charge in [0.1, 0.15) is 0 Å². The molecular formula is C20H29N3O2. The van der Waals surface area contributed by atoms with Gasteiger partial charge in [0.2, 0.25) is 5.91 Å². The van der Waals surface area contributed by atoms with Crippen molar-refractivity contribution in [1.29, 1.82) is 0 Å². The predicted octanol–water partition coefficient (Wildman–Crippen LogP) is 2.52. The maximum Gasteiger partial charge on any atom is 0.317 e. The molecule has 1 saturated carbocycles. The highest BCUT2D eigenvalue weighted by molar-refractivity contribution is 5.79. The Morgan fingerprint density at radius 1 is 1.24 bits per heavy atom. The van der Waals surface area contributed by atoms with Crippen LogP contribution in [0.3, 0.4) is 0 Å². The molecule has 136 valence electrons. The zero-order valence-electron chi connectivity index (χ0n) is 15.1. The molecule has 1 aromatic rings. The van der Waals surface area contributed by atoms with Gasteiger partial charge in [-0.05, 0) is 30.7 Å². The molecule has 1 N–H and O–H groups in total. The molecule has 5 heteroatoms. The van der Waals surface area contributed by atoms with Crippen LogP contribution in [0.25, 0.3) is 0 Å². The van der Waals surface area contributed by atoms with Crippen molar-refractivity contribution in [3.63, 3.8) is 0 Å². The maximum absolute atomic E-state index is 12.2. The molecule has 0 bridgehead atoms. The van der Waals surface area contributed by atoms with E-state index >= 15 is 0 Å². The lowest BCUT2D eigenvalue weighted by Crippen LogP contribution is -2.43. The molecule has 1 atom stereocenters. The number of benzene rings is 1. The van der Waals surface area contributed by atoms with Gasteiger partial charge in [-0.2, -0.15) is 0 Å². The minimum Gasteiger partial charge on any atom is -0.342 e. The second-order valence-electron chi connectivity index (χ2n) is 7.51.